The van der Waals surface area contributed by atoms with Gasteiger partial charge < -0.3 is 0 Å². The highest BCUT2D eigenvalue weighted by Crippen LogP contribution is 2.26. The Morgan fingerprint density at radius 2 is 1.71 bits per heavy atom. The molecule has 0 aromatic heterocycles. The number of nitrogens with zero attached hydrogens (tertiary/aromatic N) is 1. The highest BCUT2D eigenvalue weighted by atomic mass is 16.2. The number of imide groups is 1. The molecule has 2 amide bonds. The molecule has 1 rings (SSSR count). The monoisotopic (exact) mass is 197 g/mol. The lowest BCUT2D eigenvalue weighted by molar-refractivity contribution is -0.147. The molecule has 0 heterocycles. The minimum atomic E-state index is -0.0923. The molecule has 0 aromatic rings. The van der Waals surface area contributed by atoms with Crippen molar-refractivity contribution in [1.82, 2.24) is 4.90 Å². The van der Waals surface area contributed by atoms with Crippen LogP contribution in [0.1, 0.15) is 39.5 Å². The predicted octanol–water partition coefficient (Wildman–Crippen LogP) is 1.82. The Kier molecular flexibility index (Phi) is 3.67. The number of rotatable bonds is 2. The van der Waals surface area contributed by atoms with E-state index in [-0.39, 0.29) is 23.7 Å². The number of hydrogen-bond acceptors (Lipinski definition) is 2. The van der Waals surface area contributed by atoms with Crippen molar-refractivity contribution < 1.29 is 9.59 Å². The Bertz CT molecular complexity index is 229. The largest absolute Gasteiger partial charge is 0.285 e. The molecule has 0 spiro atoms. The fraction of sp³-hybridized carbons (Fsp3) is 0.818. The topological polar surface area (TPSA) is 37.4 Å². The van der Waals surface area contributed by atoms with Crippen LogP contribution in [-0.4, -0.2) is 23.8 Å². The minimum absolute atomic E-state index is 0.0150. The summed E-state index contributed by atoms with van der Waals surface area (Å²) in [4.78, 5) is 24.6. The lowest BCUT2D eigenvalue weighted by atomic mass is 10.1. The molecule has 80 valence electrons. The van der Waals surface area contributed by atoms with E-state index in [0.29, 0.717) is 0 Å². The van der Waals surface area contributed by atoms with Gasteiger partial charge in [0.05, 0.1) is 0 Å². The summed E-state index contributed by atoms with van der Waals surface area (Å²) in [5.74, 6) is -0.0452. The molecule has 0 saturated heterocycles. The van der Waals surface area contributed by atoms with Crippen LogP contribution in [0.25, 0.3) is 0 Å². The van der Waals surface area contributed by atoms with E-state index >= 15 is 0 Å². The molecule has 0 bridgehead atoms. The van der Waals surface area contributed by atoms with E-state index in [1.54, 1.807) is 7.05 Å². The first-order chi connectivity index (χ1) is 6.54. The van der Waals surface area contributed by atoms with Crippen LogP contribution >= 0.6 is 0 Å². The second kappa shape index (κ2) is 4.58. The van der Waals surface area contributed by atoms with Crippen LogP contribution in [0.2, 0.25) is 0 Å². The van der Waals surface area contributed by atoms with Crippen molar-refractivity contribution >= 4 is 11.8 Å². The zero-order valence-electron chi connectivity index (χ0n) is 9.25. The number of carbonyl (C=O) groups is 2. The van der Waals surface area contributed by atoms with Crippen LogP contribution in [0.4, 0.5) is 0 Å². The van der Waals surface area contributed by atoms with E-state index in [1.165, 1.54) is 4.90 Å². The van der Waals surface area contributed by atoms with Crippen molar-refractivity contribution in [2.24, 2.45) is 11.8 Å². The summed E-state index contributed by atoms with van der Waals surface area (Å²) in [5, 5.41) is 0. The van der Waals surface area contributed by atoms with Gasteiger partial charge in [-0.2, -0.15) is 0 Å². The van der Waals surface area contributed by atoms with Crippen molar-refractivity contribution in [3.05, 3.63) is 0 Å². The maximum absolute atomic E-state index is 11.8. The summed E-state index contributed by atoms with van der Waals surface area (Å²) in [7, 11) is 1.60. The third-order valence-corrected chi connectivity index (χ3v) is 2.86. The number of amides is 2. The molecular formula is C11H19NO2. The second-order valence-electron chi connectivity index (χ2n) is 4.37. The van der Waals surface area contributed by atoms with Crippen LogP contribution in [0.3, 0.4) is 0 Å². The quantitative estimate of drug-likeness (QED) is 0.677. The van der Waals surface area contributed by atoms with Crippen molar-refractivity contribution in [2.45, 2.75) is 39.5 Å². The average Bonchev–Trinajstić information content (AvgIpc) is 2.67. The molecule has 3 heteroatoms. The molecule has 14 heavy (non-hydrogen) atoms. The highest BCUT2D eigenvalue weighted by Gasteiger charge is 2.29. The zero-order chi connectivity index (χ0) is 10.7. The summed E-state index contributed by atoms with van der Waals surface area (Å²) in [6.07, 6.45) is 4.16. The van der Waals surface area contributed by atoms with E-state index < -0.39 is 0 Å². The van der Waals surface area contributed by atoms with E-state index in [0.717, 1.165) is 25.7 Å². The van der Waals surface area contributed by atoms with Crippen LogP contribution < -0.4 is 0 Å². The van der Waals surface area contributed by atoms with Gasteiger partial charge in [0, 0.05) is 18.9 Å². The van der Waals surface area contributed by atoms with Crippen molar-refractivity contribution in [3.63, 3.8) is 0 Å². The zero-order valence-corrected chi connectivity index (χ0v) is 9.25. The molecule has 1 saturated carbocycles. The first kappa shape index (κ1) is 11.2. The smallest absolute Gasteiger partial charge is 0.232 e. The van der Waals surface area contributed by atoms with Gasteiger partial charge in [-0.1, -0.05) is 26.7 Å². The Labute approximate surface area is 85.5 Å². The van der Waals surface area contributed by atoms with E-state index in [1.807, 2.05) is 13.8 Å². The lowest BCUT2D eigenvalue weighted by Crippen LogP contribution is -2.39. The van der Waals surface area contributed by atoms with Crippen molar-refractivity contribution in [1.29, 1.82) is 0 Å². The Balaban J connectivity index is 2.55. The van der Waals surface area contributed by atoms with E-state index in [2.05, 4.69) is 0 Å². The first-order valence-corrected chi connectivity index (χ1v) is 5.35. The maximum atomic E-state index is 11.8. The maximum Gasteiger partial charge on any atom is 0.232 e. The fourth-order valence-electron chi connectivity index (χ4n) is 1.94. The van der Waals surface area contributed by atoms with Crippen LogP contribution in [0.15, 0.2) is 0 Å². The molecule has 0 radical (unpaired) electrons. The molecular weight excluding hydrogens is 178 g/mol. The number of carbonyl (C=O) groups excluding carboxylic acids is 2. The normalized spacial score (nSPS) is 17.4. The molecule has 0 atom stereocenters. The molecule has 1 aliphatic rings. The average molecular weight is 197 g/mol. The van der Waals surface area contributed by atoms with Crippen LogP contribution in [-0.2, 0) is 9.59 Å². The summed E-state index contributed by atoms with van der Waals surface area (Å²) >= 11 is 0. The van der Waals surface area contributed by atoms with Gasteiger partial charge in [0.15, 0.2) is 0 Å². The third-order valence-electron chi connectivity index (χ3n) is 2.86. The lowest BCUT2D eigenvalue weighted by Gasteiger charge is -2.20. The SMILES string of the molecule is CC(C)C(=O)N(C)C(=O)C1CCCC1. The molecule has 1 fully saturated rings. The van der Waals surface area contributed by atoms with E-state index in [4.69, 9.17) is 0 Å². The minimum Gasteiger partial charge on any atom is -0.285 e. The standard InChI is InChI=1S/C11H19NO2/c1-8(2)10(13)12(3)11(14)9-6-4-5-7-9/h8-9H,4-7H2,1-3H3. The Morgan fingerprint density at radius 1 is 1.21 bits per heavy atom. The third kappa shape index (κ3) is 2.34. The molecule has 0 aromatic carbocycles. The van der Waals surface area contributed by atoms with Crippen molar-refractivity contribution in [3.8, 4) is 0 Å². The van der Waals surface area contributed by atoms with Gasteiger partial charge in [0.1, 0.15) is 0 Å². The van der Waals surface area contributed by atoms with Gasteiger partial charge in [-0.15, -0.1) is 0 Å². The molecule has 1 aliphatic carbocycles. The van der Waals surface area contributed by atoms with Gasteiger partial charge in [-0.3, -0.25) is 14.5 Å². The van der Waals surface area contributed by atoms with Gasteiger partial charge in [-0.05, 0) is 12.8 Å². The fourth-order valence-corrected chi connectivity index (χ4v) is 1.94. The van der Waals surface area contributed by atoms with Gasteiger partial charge in [0.2, 0.25) is 11.8 Å². The predicted molar refractivity (Wildman–Crippen MR) is 54.6 cm³/mol. The van der Waals surface area contributed by atoms with Gasteiger partial charge in [-0.25, -0.2) is 0 Å². The molecule has 0 unspecified atom stereocenters. The summed E-state index contributed by atoms with van der Waals surface area (Å²) in [6.45, 7) is 3.64. The highest BCUT2D eigenvalue weighted by molar-refractivity contribution is 5.96. The van der Waals surface area contributed by atoms with Crippen molar-refractivity contribution in [2.75, 3.05) is 7.05 Å². The Morgan fingerprint density at radius 3 is 2.14 bits per heavy atom. The summed E-state index contributed by atoms with van der Waals surface area (Å²) in [6, 6.07) is 0. The summed E-state index contributed by atoms with van der Waals surface area (Å²) < 4.78 is 0. The molecule has 0 N–H and O–H groups in total. The van der Waals surface area contributed by atoms with Crippen LogP contribution in [0, 0.1) is 11.8 Å². The Hall–Kier alpha value is -0.860. The van der Waals surface area contributed by atoms with Gasteiger partial charge >= 0.3 is 0 Å². The van der Waals surface area contributed by atoms with E-state index in [9.17, 15) is 9.59 Å². The number of hydrogen-bond donors (Lipinski definition) is 0. The first-order valence-electron chi connectivity index (χ1n) is 5.35. The van der Waals surface area contributed by atoms with Gasteiger partial charge in [0.25, 0.3) is 0 Å². The molecule has 0 aliphatic heterocycles. The van der Waals surface area contributed by atoms with Crippen LogP contribution in [0.5, 0.6) is 0 Å². The second-order valence-corrected chi connectivity index (χ2v) is 4.37. The molecule has 3 nitrogen and oxygen atoms in total. The summed E-state index contributed by atoms with van der Waals surface area (Å²) in [5.41, 5.74) is 0.